The van der Waals surface area contributed by atoms with Crippen LogP contribution in [0.5, 0.6) is 0 Å². The molecule has 2 aliphatic rings. The molecule has 2 aliphatic heterocycles. The first-order valence-electron chi connectivity index (χ1n) is 7.86. The molecule has 1 N–H and O–H groups in total. The summed E-state index contributed by atoms with van der Waals surface area (Å²) in [7, 11) is 1.67. The van der Waals surface area contributed by atoms with Gasteiger partial charge in [0.15, 0.2) is 11.5 Å². The highest BCUT2D eigenvalue weighted by Crippen LogP contribution is 2.29. The number of benzene rings is 1. The molecule has 0 fully saturated rings. The number of aliphatic imine (C=N–C) groups is 1. The molecule has 0 spiro atoms. The lowest BCUT2D eigenvalue weighted by molar-refractivity contribution is -0.116. The fourth-order valence-corrected chi connectivity index (χ4v) is 3.74. The van der Waals surface area contributed by atoms with Gasteiger partial charge in [-0.15, -0.1) is 0 Å². The largest absolute Gasteiger partial charge is 0.323 e. The standard InChI is InChI=1S/C16H14BrClN6O2/c1-22-15(26)13-14(24-5-4-19-16(22)24)20-8-23(13)7-12(25)21-11-3-2-9(17)6-10(11)18/h2-3,6,8H,4-5,7H2,1H3,(H,21,25). The van der Waals surface area contributed by atoms with Crippen LogP contribution in [0, 0.1) is 0 Å². The van der Waals surface area contributed by atoms with Gasteiger partial charge in [-0.05, 0) is 18.2 Å². The number of fused-ring (bicyclic) bond motifs is 3. The number of aromatic nitrogens is 2. The van der Waals surface area contributed by atoms with E-state index >= 15 is 0 Å². The van der Waals surface area contributed by atoms with Crippen molar-refractivity contribution in [1.29, 1.82) is 0 Å². The molecule has 1 aromatic heterocycles. The molecule has 2 amide bonds. The number of nitrogens with one attached hydrogen (secondary N) is 1. The van der Waals surface area contributed by atoms with Crippen molar-refractivity contribution in [2.24, 2.45) is 4.99 Å². The number of halogens is 2. The van der Waals surface area contributed by atoms with E-state index in [1.807, 2.05) is 4.90 Å². The van der Waals surface area contributed by atoms with E-state index in [9.17, 15) is 9.59 Å². The second-order valence-corrected chi connectivity index (χ2v) is 7.24. The van der Waals surface area contributed by atoms with Gasteiger partial charge in [-0.2, -0.15) is 0 Å². The van der Waals surface area contributed by atoms with Gasteiger partial charge in [0, 0.05) is 18.1 Å². The van der Waals surface area contributed by atoms with Crippen LogP contribution in [-0.4, -0.2) is 52.4 Å². The molecular weight excluding hydrogens is 424 g/mol. The number of guanidine groups is 1. The number of carbonyl (C=O) groups excluding carboxylic acids is 2. The summed E-state index contributed by atoms with van der Waals surface area (Å²) in [4.78, 5) is 37.1. The lowest BCUT2D eigenvalue weighted by atomic mass is 10.2. The van der Waals surface area contributed by atoms with Crippen molar-refractivity contribution >= 4 is 56.8 Å². The highest BCUT2D eigenvalue weighted by molar-refractivity contribution is 9.10. The van der Waals surface area contributed by atoms with Crippen LogP contribution in [0.2, 0.25) is 5.02 Å². The Labute approximate surface area is 162 Å². The number of carbonyl (C=O) groups is 2. The maximum atomic E-state index is 12.7. The maximum Gasteiger partial charge on any atom is 0.280 e. The summed E-state index contributed by atoms with van der Waals surface area (Å²) in [5.41, 5.74) is 0.886. The lowest BCUT2D eigenvalue weighted by Crippen LogP contribution is -2.48. The summed E-state index contributed by atoms with van der Waals surface area (Å²) >= 11 is 9.45. The monoisotopic (exact) mass is 436 g/mol. The van der Waals surface area contributed by atoms with Crippen LogP contribution in [0.3, 0.4) is 0 Å². The van der Waals surface area contributed by atoms with E-state index in [1.54, 1.807) is 29.8 Å². The van der Waals surface area contributed by atoms with Crippen molar-refractivity contribution in [3.8, 4) is 0 Å². The summed E-state index contributed by atoms with van der Waals surface area (Å²) in [6, 6.07) is 5.19. The molecule has 8 nitrogen and oxygen atoms in total. The summed E-state index contributed by atoms with van der Waals surface area (Å²) in [5, 5.41) is 3.18. The molecule has 4 rings (SSSR count). The quantitative estimate of drug-likeness (QED) is 0.798. The predicted molar refractivity (Wildman–Crippen MR) is 102 cm³/mol. The topological polar surface area (TPSA) is 82.8 Å². The molecule has 0 atom stereocenters. The van der Waals surface area contributed by atoms with E-state index in [0.29, 0.717) is 41.3 Å². The molecule has 134 valence electrons. The average molecular weight is 438 g/mol. The van der Waals surface area contributed by atoms with Gasteiger partial charge < -0.3 is 9.88 Å². The highest BCUT2D eigenvalue weighted by Gasteiger charge is 2.38. The lowest BCUT2D eigenvalue weighted by Gasteiger charge is -2.31. The third-order valence-corrected chi connectivity index (χ3v) is 5.02. The van der Waals surface area contributed by atoms with E-state index in [2.05, 4.69) is 31.2 Å². The number of amides is 2. The van der Waals surface area contributed by atoms with Crippen LogP contribution in [-0.2, 0) is 11.3 Å². The molecule has 1 aromatic carbocycles. The number of imidazole rings is 1. The smallest absolute Gasteiger partial charge is 0.280 e. The van der Waals surface area contributed by atoms with Crippen molar-refractivity contribution in [3.63, 3.8) is 0 Å². The van der Waals surface area contributed by atoms with Gasteiger partial charge >= 0.3 is 0 Å². The molecule has 10 heteroatoms. The first-order valence-corrected chi connectivity index (χ1v) is 9.03. The molecule has 0 aliphatic carbocycles. The summed E-state index contributed by atoms with van der Waals surface area (Å²) in [6.45, 7) is 1.23. The SMILES string of the molecule is CN1C(=O)c2c(ncn2CC(=O)Nc2ccc(Br)cc2Cl)N2CCN=C12. The first kappa shape index (κ1) is 17.0. The number of nitrogens with zero attached hydrogens (tertiary/aromatic N) is 5. The van der Waals surface area contributed by atoms with Crippen molar-refractivity contribution < 1.29 is 9.59 Å². The normalized spacial score (nSPS) is 15.7. The molecule has 2 aromatic rings. The Balaban J connectivity index is 1.58. The molecule has 0 radical (unpaired) electrons. The Bertz CT molecular complexity index is 956. The second-order valence-electron chi connectivity index (χ2n) is 5.91. The number of rotatable bonds is 3. The van der Waals surface area contributed by atoms with Crippen molar-refractivity contribution in [2.45, 2.75) is 6.54 Å². The molecule has 26 heavy (non-hydrogen) atoms. The van der Waals surface area contributed by atoms with Crippen LogP contribution >= 0.6 is 27.5 Å². The molecule has 0 bridgehead atoms. The van der Waals surface area contributed by atoms with E-state index in [4.69, 9.17) is 11.6 Å². The minimum Gasteiger partial charge on any atom is -0.323 e. The zero-order valence-electron chi connectivity index (χ0n) is 13.7. The van der Waals surface area contributed by atoms with E-state index in [0.717, 1.165) is 4.47 Å². The molecular formula is C16H14BrClN6O2. The van der Waals surface area contributed by atoms with Crippen molar-refractivity contribution in [1.82, 2.24) is 14.5 Å². The first-order chi connectivity index (χ1) is 12.5. The summed E-state index contributed by atoms with van der Waals surface area (Å²) in [6.07, 6.45) is 1.50. The van der Waals surface area contributed by atoms with Crippen LogP contribution in [0.15, 0.2) is 34.0 Å². The Morgan fingerprint density at radius 3 is 3.00 bits per heavy atom. The molecule has 3 heterocycles. The van der Waals surface area contributed by atoms with Crippen LogP contribution in [0.4, 0.5) is 11.5 Å². The number of anilines is 2. The average Bonchev–Trinajstić information content (AvgIpc) is 3.22. The fourth-order valence-electron chi connectivity index (χ4n) is 3.02. The second kappa shape index (κ2) is 6.40. The molecule has 0 saturated carbocycles. The third-order valence-electron chi connectivity index (χ3n) is 4.22. The molecule has 0 saturated heterocycles. The minimum absolute atomic E-state index is 0.0470. The summed E-state index contributed by atoms with van der Waals surface area (Å²) < 4.78 is 2.37. The van der Waals surface area contributed by atoms with Crippen LogP contribution in [0.1, 0.15) is 10.5 Å². The van der Waals surface area contributed by atoms with Gasteiger partial charge in [-0.3, -0.25) is 24.4 Å². The van der Waals surface area contributed by atoms with Gasteiger partial charge in [0.2, 0.25) is 11.9 Å². The predicted octanol–water partition coefficient (Wildman–Crippen LogP) is 2.20. The van der Waals surface area contributed by atoms with Crippen molar-refractivity contribution in [2.75, 3.05) is 30.4 Å². The van der Waals surface area contributed by atoms with E-state index < -0.39 is 0 Å². The van der Waals surface area contributed by atoms with Crippen LogP contribution in [0.25, 0.3) is 0 Å². The van der Waals surface area contributed by atoms with Crippen LogP contribution < -0.4 is 10.2 Å². The highest BCUT2D eigenvalue weighted by atomic mass is 79.9. The molecule has 0 unspecified atom stereocenters. The van der Waals surface area contributed by atoms with Gasteiger partial charge in [0.1, 0.15) is 6.54 Å². The zero-order chi connectivity index (χ0) is 18.4. The van der Waals surface area contributed by atoms with E-state index in [1.165, 1.54) is 11.2 Å². The Morgan fingerprint density at radius 1 is 1.42 bits per heavy atom. The number of hydrogen-bond acceptors (Lipinski definition) is 5. The Morgan fingerprint density at radius 2 is 2.23 bits per heavy atom. The number of hydrogen-bond donors (Lipinski definition) is 1. The van der Waals surface area contributed by atoms with Gasteiger partial charge in [-0.1, -0.05) is 27.5 Å². The Hall–Kier alpha value is -2.39. The maximum absolute atomic E-state index is 12.7. The van der Waals surface area contributed by atoms with Crippen molar-refractivity contribution in [3.05, 3.63) is 39.7 Å². The van der Waals surface area contributed by atoms with Gasteiger partial charge in [0.05, 0.1) is 23.6 Å². The van der Waals surface area contributed by atoms with Gasteiger partial charge in [-0.25, -0.2) is 4.98 Å². The fraction of sp³-hybridized carbons (Fsp3) is 0.250. The van der Waals surface area contributed by atoms with E-state index in [-0.39, 0.29) is 18.4 Å². The summed E-state index contributed by atoms with van der Waals surface area (Å²) in [5.74, 6) is 0.604. The Kier molecular flexibility index (Phi) is 4.20. The van der Waals surface area contributed by atoms with Gasteiger partial charge in [0.25, 0.3) is 5.91 Å². The third kappa shape index (κ3) is 2.77. The zero-order valence-corrected chi connectivity index (χ0v) is 16.1. The minimum atomic E-state index is -0.300.